The molecule has 0 aromatic heterocycles. The summed E-state index contributed by atoms with van der Waals surface area (Å²) in [6, 6.07) is 0.224. The third-order valence-corrected chi connectivity index (χ3v) is 2.07. The summed E-state index contributed by atoms with van der Waals surface area (Å²) in [7, 11) is 0. The van der Waals surface area contributed by atoms with E-state index in [1.807, 2.05) is 13.8 Å². The molecule has 1 rings (SSSR count). The van der Waals surface area contributed by atoms with Gasteiger partial charge in [0.2, 0.25) is 0 Å². The van der Waals surface area contributed by atoms with E-state index in [2.05, 4.69) is 0 Å². The van der Waals surface area contributed by atoms with Crippen molar-refractivity contribution in [3.8, 4) is 0 Å². The van der Waals surface area contributed by atoms with E-state index < -0.39 is 0 Å². The highest BCUT2D eigenvalue weighted by Gasteiger charge is 2.33. The molecule has 0 radical (unpaired) electrons. The molecular weight excluding hydrogens is 154 g/mol. The van der Waals surface area contributed by atoms with Crippen molar-refractivity contribution in [2.45, 2.75) is 32.7 Å². The Balaban J connectivity index is 2.13. The van der Waals surface area contributed by atoms with Crippen LogP contribution in [-0.4, -0.2) is 18.6 Å². The number of hydrogen-bond donors (Lipinski definition) is 1. The van der Waals surface area contributed by atoms with Crippen LogP contribution in [0.1, 0.15) is 26.7 Å². The molecule has 70 valence electrons. The summed E-state index contributed by atoms with van der Waals surface area (Å²) < 4.78 is 5.06. The van der Waals surface area contributed by atoms with Gasteiger partial charge >= 0.3 is 5.97 Å². The van der Waals surface area contributed by atoms with Gasteiger partial charge in [0.1, 0.15) is 0 Å². The van der Waals surface area contributed by atoms with Gasteiger partial charge in [0.05, 0.1) is 12.5 Å². The summed E-state index contributed by atoms with van der Waals surface area (Å²) in [6.07, 6.45) is 1.61. The third kappa shape index (κ3) is 2.48. The van der Waals surface area contributed by atoms with Gasteiger partial charge in [-0.15, -0.1) is 0 Å². The second kappa shape index (κ2) is 3.90. The fraction of sp³-hybridized carbons (Fsp3) is 0.889. The maximum absolute atomic E-state index is 11.2. The molecule has 1 aliphatic carbocycles. The lowest BCUT2D eigenvalue weighted by Gasteiger charge is -2.30. The van der Waals surface area contributed by atoms with Crippen LogP contribution in [0.5, 0.6) is 0 Å². The summed E-state index contributed by atoms with van der Waals surface area (Å²) in [5, 5.41) is 0. The fourth-order valence-electron chi connectivity index (χ4n) is 1.22. The van der Waals surface area contributed by atoms with E-state index in [-0.39, 0.29) is 17.9 Å². The first-order valence-electron chi connectivity index (χ1n) is 4.51. The molecule has 3 heteroatoms. The first kappa shape index (κ1) is 9.52. The Morgan fingerprint density at radius 1 is 1.58 bits per heavy atom. The lowest BCUT2D eigenvalue weighted by atomic mass is 9.81. The Hall–Kier alpha value is -0.570. The topological polar surface area (TPSA) is 52.3 Å². The highest BCUT2D eigenvalue weighted by molar-refractivity contribution is 5.73. The Labute approximate surface area is 73.3 Å². The van der Waals surface area contributed by atoms with Crippen molar-refractivity contribution in [1.29, 1.82) is 0 Å². The SMILES string of the molecule is CC(C)COC(=O)[C@H]1C[C@H](N)C1. The molecule has 0 bridgehead atoms. The predicted octanol–water partition coefficient (Wildman–Crippen LogP) is 0.923. The number of nitrogens with two attached hydrogens (primary N) is 1. The number of carbonyl (C=O) groups is 1. The zero-order valence-electron chi connectivity index (χ0n) is 7.75. The molecule has 2 N–H and O–H groups in total. The monoisotopic (exact) mass is 171 g/mol. The van der Waals surface area contributed by atoms with Crippen molar-refractivity contribution in [2.24, 2.45) is 17.6 Å². The molecule has 1 fully saturated rings. The van der Waals surface area contributed by atoms with E-state index in [1.54, 1.807) is 0 Å². The molecule has 12 heavy (non-hydrogen) atoms. The number of hydrogen-bond acceptors (Lipinski definition) is 3. The lowest BCUT2D eigenvalue weighted by Crippen LogP contribution is -2.41. The van der Waals surface area contributed by atoms with Crippen LogP contribution in [0.2, 0.25) is 0 Å². The Bertz CT molecular complexity index is 162. The van der Waals surface area contributed by atoms with Gasteiger partial charge in [0.15, 0.2) is 0 Å². The standard InChI is InChI=1S/C9H17NO2/c1-6(2)5-12-9(11)7-3-8(10)4-7/h6-8H,3-5,10H2,1-2H3/t7-,8-. The largest absolute Gasteiger partial charge is 0.465 e. The zero-order chi connectivity index (χ0) is 9.14. The smallest absolute Gasteiger partial charge is 0.309 e. The highest BCUT2D eigenvalue weighted by Crippen LogP contribution is 2.26. The molecule has 0 heterocycles. The molecule has 1 saturated carbocycles. The summed E-state index contributed by atoms with van der Waals surface area (Å²) in [5.74, 6) is 0.437. The first-order valence-corrected chi connectivity index (χ1v) is 4.51. The van der Waals surface area contributed by atoms with Crippen molar-refractivity contribution in [1.82, 2.24) is 0 Å². The molecule has 1 aliphatic rings. The maximum Gasteiger partial charge on any atom is 0.309 e. The molecule has 0 aromatic carbocycles. The van der Waals surface area contributed by atoms with Crippen molar-refractivity contribution < 1.29 is 9.53 Å². The van der Waals surface area contributed by atoms with Crippen LogP contribution < -0.4 is 5.73 Å². The molecular formula is C9H17NO2. The van der Waals surface area contributed by atoms with Crippen molar-refractivity contribution in [3.63, 3.8) is 0 Å². The van der Waals surface area contributed by atoms with E-state index in [1.165, 1.54) is 0 Å². The average Bonchev–Trinajstić information content (AvgIpc) is 1.94. The molecule has 0 aromatic rings. The van der Waals surface area contributed by atoms with Crippen molar-refractivity contribution >= 4 is 5.97 Å². The summed E-state index contributed by atoms with van der Waals surface area (Å²) in [4.78, 5) is 11.2. The molecule has 0 amide bonds. The lowest BCUT2D eigenvalue weighted by molar-refractivity contribution is -0.153. The summed E-state index contributed by atoms with van der Waals surface area (Å²) in [5.41, 5.74) is 5.55. The number of ether oxygens (including phenoxy) is 1. The van der Waals surface area contributed by atoms with Gasteiger partial charge in [-0.1, -0.05) is 13.8 Å². The molecule has 0 saturated heterocycles. The third-order valence-electron chi connectivity index (χ3n) is 2.07. The van der Waals surface area contributed by atoms with Gasteiger partial charge in [0, 0.05) is 6.04 Å². The Morgan fingerprint density at radius 2 is 2.17 bits per heavy atom. The van der Waals surface area contributed by atoms with Crippen LogP contribution in [0, 0.1) is 11.8 Å². The van der Waals surface area contributed by atoms with E-state index in [0.29, 0.717) is 12.5 Å². The Morgan fingerprint density at radius 3 is 2.58 bits per heavy atom. The van der Waals surface area contributed by atoms with E-state index in [4.69, 9.17) is 10.5 Å². The van der Waals surface area contributed by atoms with E-state index in [0.717, 1.165) is 12.8 Å². The Kier molecular flexibility index (Phi) is 3.09. The minimum atomic E-state index is -0.0644. The van der Waals surface area contributed by atoms with Crippen LogP contribution in [0.15, 0.2) is 0 Å². The molecule has 0 spiro atoms. The normalized spacial score (nSPS) is 28.3. The van der Waals surface area contributed by atoms with E-state index in [9.17, 15) is 4.79 Å². The van der Waals surface area contributed by atoms with Crippen LogP contribution >= 0.6 is 0 Å². The average molecular weight is 171 g/mol. The number of rotatable bonds is 3. The molecule has 0 unspecified atom stereocenters. The van der Waals surface area contributed by atoms with Gasteiger partial charge in [0.25, 0.3) is 0 Å². The highest BCUT2D eigenvalue weighted by atomic mass is 16.5. The quantitative estimate of drug-likeness (QED) is 0.642. The van der Waals surface area contributed by atoms with Gasteiger partial charge in [-0.3, -0.25) is 4.79 Å². The second-order valence-electron chi connectivity index (χ2n) is 3.95. The molecule has 0 atom stereocenters. The van der Waals surface area contributed by atoms with Gasteiger partial charge in [-0.05, 0) is 18.8 Å². The van der Waals surface area contributed by atoms with E-state index >= 15 is 0 Å². The minimum absolute atomic E-state index is 0.0644. The number of esters is 1. The number of carbonyl (C=O) groups excluding carboxylic acids is 1. The van der Waals surface area contributed by atoms with Crippen LogP contribution in [0.4, 0.5) is 0 Å². The van der Waals surface area contributed by atoms with Gasteiger partial charge in [-0.2, -0.15) is 0 Å². The van der Waals surface area contributed by atoms with Crippen LogP contribution in [0.25, 0.3) is 0 Å². The van der Waals surface area contributed by atoms with Crippen molar-refractivity contribution in [2.75, 3.05) is 6.61 Å². The van der Waals surface area contributed by atoms with Crippen LogP contribution in [-0.2, 0) is 9.53 Å². The van der Waals surface area contributed by atoms with Crippen molar-refractivity contribution in [3.05, 3.63) is 0 Å². The predicted molar refractivity (Wildman–Crippen MR) is 46.5 cm³/mol. The first-order chi connectivity index (χ1) is 5.59. The van der Waals surface area contributed by atoms with Gasteiger partial charge < -0.3 is 10.5 Å². The van der Waals surface area contributed by atoms with Crippen LogP contribution in [0.3, 0.4) is 0 Å². The minimum Gasteiger partial charge on any atom is -0.465 e. The molecule has 3 nitrogen and oxygen atoms in total. The molecule has 0 aliphatic heterocycles. The fourth-order valence-corrected chi connectivity index (χ4v) is 1.22. The second-order valence-corrected chi connectivity index (χ2v) is 3.95. The maximum atomic E-state index is 11.2. The summed E-state index contributed by atoms with van der Waals surface area (Å²) in [6.45, 7) is 4.59. The zero-order valence-corrected chi connectivity index (χ0v) is 7.75. The van der Waals surface area contributed by atoms with Gasteiger partial charge in [-0.25, -0.2) is 0 Å². The summed E-state index contributed by atoms with van der Waals surface area (Å²) >= 11 is 0.